The summed E-state index contributed by atoms with van der Waals surface area (Å²) in [6, 6.07) is 0.130. The Labute approximate surface area is 95.9 Å². The summed E-state index contributed by atoms with van der Waals surface area (Å²) in [6.07, 6.45) is 0.664. The Kier molecular flexibility index (Phi) is 4.73. The smallest absolute Gasteiger partial charge is 0.224 e. The molecule has 1 aliphatic carbocycles. The van der Waals surface area contributed by atoms with E-state index in [-0.39, 0.29) is 29.7 Å². The summed E-state index contributed by atoms with van der Waals surface area (Å²) in [7, 11) is 1.59. The normalized spacial score (nSPS) is 23.0. The van der Waals surface area contributed by atoms with Crippen LogP contribution < -0.4 is 10.6 Å². The fourth-order valence-corrected chi connectivity index (χ4v) is 1.57. The number of ether oxygens (including phenoxy) is 1. The number of rotatable bonds is 6. The molecule has 5 nitrogen and oxygen atoms in total. The largest absolute Gasteiger partial charge is 0.383 e. The van der Waals surface area contributed by atoms with Gasteiger partial charge in [0.05, 0.1) is 18.4 Å². The van der Waals surface area contributed by atoms with Crippen molar-refractivity contribution in [1.82, 2.24) is 10.6 Å². The van der Waals surface area contributed by atoms with Crippen molar-refractivity contribution in [2.24, 2.45) is 11.8 Å². The van der Waals surface area contributed by atoms with Gasteiger partial charge in [0.1, 0.15) is 0 Å². The third kappa shape index (κ3) is 3.81. The first-order valence-electron chi connectivity index (χ1n) is 5.63. The number of hydrogen-bond acceptors (Lipinski definition) is 3. The first-order chi connectivity index (χ1) is 7.56. The van der Waals surface area contributed by atoms with E-state index in [1.165, 1.54) is 0 Å². The van der Waals surface area contributed by atoms with Gasteiger partial charge in [-0.25, -0.2) is 0 Å². The van der Waals surface area contributed by atoms with Crippen LogP contribution in [0.2, 0.25) is 0 Å². The maximum atomic E-state index is 11.5. The molecule has 1 saturated carbocycles. The molecule has 1 rings (SSSR count). The van der Waals surface area contributed by atoms with E-state index in [9.17, 15) is 9.59 Å². The molecule has 0 aliphatic heterocycles. The maximum Gasteiger partial charge on any atom is 0.224 e. The maximum absolute atomic E-state index is 11.5. The van der Waals surface area contributed by atoms with Gasteiger partial charge in [0.25, 0.3) is 0 Å². The molecule has 1 fully saturated rings. The second-order valence-corrected chi connectivity index (χ2v) is 4.40. The monoisotopic (exact) mass is 228 g/mol. The molecule has 0 aromatic carbocycles. The van der Waals surface area contributed by atoms with E-state index in [1.807, 2.05) is 13.8 Å². The zero-order valence-electron chi connectivity index (χ0n) is 10.1. The summed E-state index contributed by atoms with van der Waals surface area (Å²) in [5.41, 5.74) is 0. The van der Waals surface area contributed by atoms with Crippen LogP contribution in [0.4, 0.5) is 0 Å². The molecule has 0 bridgehead atoms. The van der Waals surface area contributed by atoms with Crippen molar-refractivity contribution in [2.75, 3.05) is 20.3 Å². The fraction of sp³-hybridized carbons (Fsp3) is 0.818. The number of amides is 2. The molecule has 0 spiro atoms. The lowest BCUT2D eigenvalue weighted by atomic mass is 10.2. The molecule has 0 radical (unpaired) electrons. The first-order valence-corrected chi connectivity index (χ1v) is 5.63. The topological polar surface area (TPSA) is 67.4 Å². The molecule has 0 saturated heterocycles. The van der Waals surface area contributed by atoms with Crippen LogP contribution in [0.25, 0.3) is 0 Å². The summed E-state index contributed by atoms with van der Waals surface area (Å²) in [6.45, 7) is 4.83. The summed E-state index contributed by atoms with van der Waals surface area (Å²) in [5, 5.41) is 5.55. The van der Waals surface area contributed by atoms with Crippen LogP contribution >= 0.6 is 0 Å². The van der Waals surface area contributed by atoms with Crippen molar-refractivity contribution in [2.45, 2.75) is 26.3 Å². The molecule has 0 aromatic heterocycles. The van der Waals surface area contributed by atoms with Crippen LogP contribution in [0, 0.1) is 11.8 Å². The van der Waals surface area contributed by atoms with Gasteiger partial charge in [-0.3, -0.25) is 9.59 Å². The highest BCUT2D eigenvalue weighted by atomic mass is 16.5. The third-order valence-corrected chi connectivity index (χ3v) is 2.50. The molecule has 2 N–H and O–H groups in total. The Morgan fingerprint density at radius 1 is 1.31 bits per heavy atom. The molecule has 2 atom stereocenters. The van der Waals surface area contributed by atoms with Gasteiger partial charge in [-0.2, -0.15) is 0 Å². The Hall–Kier alpha value is -1.10. The van der Waals surface area contributed by atoms with E-state index in [0.29, 0.717) is 19.6 Å². The lowest BCUT2D eigenvalue weighted by Crippen LogP contribution is -2.34. The highest BCUT2D eigenvalue weighted by Gasteiger charge is 2.47. The van der Waals surface area contributed by atoms with Crippen LogP contribution in [0.3, 0.4) is 0 Å². The van der Waals surface area contributed by atoms with Crippen LogP contribution in [0.1, 0.15) is 20.3 Å². The average molecular weight is 228 g/mol. The minimum Gasteiger partial charge on any atom is -0.383 e. The molecule has 2 amide bonds. The summed E-state index contributed by atoms with van der Waals surface area (Å²) in [5.74, 6) is -0.330. The van der Waals surface area contributed by atoms with Crippen LogP contribution in [0.15, 0.2) is 0 Å². The van der Waals surface area contributed by atoms with Gasteiger partial charge in [0, 0.05) is 19.7 Å². The molecule has 5 heteroatoms. The van der Waals surface area contributed by atoms with Crippen LogP contribution in [-0.2, 0) is 14.3 Å². The zero-order valence-corrected chi connectivity index (χ0v) is 10.1. The Morgan fingerprint density at radius 3 is 2.50 bits per heavy atom. The van der Waals surface area contributed by atoms with Gasteiger partial charge < -0.3 is 15.4 Å². The predicted molar refractivity (Wildman–Crippen MR) is 59.8 cm³/mol. The van der Waals surface area contributed by atoms with Crippen molar-refractivity contribution in [3.63, 3.8) is 0 Å². The highest BCUT2D eigenvalue weighted by Crippen LogP contribution is 2.38. The Morgan fingerprint density at radius 2 is 1.94 bits per heavy atom. The lowest BCUT2D eigenvalue weighted by Gasteiger charge is -2.08. The van der Waals surface area contributed by atoms with Gasteiger partial charge >= 0.3 is 0 Å². The lowest BCUT2D eigenvalue weighted by molar-refractivity contribution is -0.127. The van der Waals surface area contributed by atoms with Crippen molar-refractivity contribution >= 4 is 11.8 Å². The summed E-state index contributed by atoms with van der Waals surface area (Å²) >= 11 is 0. The molecular weight excluding hydrogens is 208 g/mol. The van der Waals surface area contributed by atoms with Gasteiger partial charge in [-0.05, 0) is 20.3 Å². The fourth-order valence-electron chi connectivity index (χ4n) is 1.57. The highest BCUT2D eigenvalue weighted by molar-refractivity contribution is 5.92. The van der Waals surface area contributed by atoms with Gasteiger partial charge in [0.2, 0.25) is 11.8 Å². The molecule has 16 heavy (non-hydrogen) atoms. The van der Waals surface area contributed by atoms with Crippen molar-refractivity contribution in [3.8, 4) is 0 Å². The van der Waals surface area contributed by atoms with E-state index in [4.69, 9.17) is 4.74 Å². The quantitative estimate of drug-likeness (QED) is 0.624. The van der Waals surface area contributed by atoms with Crippen LogP contribution in [-0.4, -0.2) is 38.1 Å². The second-order valence-electron chi connectivity index (χ2n) is 4.40. The molecule has 1 aliphatic rings. The molecule has 0 aromatic rings. The Balaban J connectivity index is 2.22. The number of methoxy groups -OCH3 is 1. The molecule has 2 unspecified atom stereocenters. The van der Waals surface area contributed by atoms with E-state index < -0.39 is 0 Å². The number of carbonyl (C=O) groups is 2. The summed E-state index contributed by atoms with van der Waals surface area (Å²) < 4.78 is 4.83. The van der Waals surface area contributed by atoms with E-state index in [2.05, 4.69) is 10.6 Å². The van der Waals surface area contributed by atoms with Gasteiger partial charge in [0.15, 0.2) is 0 Å². The van der Waals surface area contributed by atoms with Crippen molar-refractivity contribution < 1.29 is 14.3 Å². The average Bonchev–Trinajstić information content (AvgIpc) is 2.96. The first kappa shape index (κ1) is 13.0. The standard InChI is InChI=1S/C11H20N2O3/c1-7(2)13-11(15)9-6-8(9)10(14)12-4-5-16-3/h7-9H,4-6H2,1-3H3,(H,12,14)(H,13,15). The van der Waals surface area contributed by atoms with Crippen LogP contribution in [0.5, 0.6) is 0 Å². The van der Waals surface area contributed by atoms with E-state index in [1.54, 1.807) is 7.11 Å². The number of carbonyl (C=O) groups excluding carboxylic acids is 2. The molecular formula is C11H20N2O3. The van der Waals surface area contributed by atoms with Gasteiger partial charge in [-0.15, -0.1) is 0 Å². The number of nitrogens with one attached hydrogen (secondary N) is 2. The van der Waals surface area contributed by atoms with Crippen molar-refractivity contribution in [3.05, 3.63) is 0 Å². The van der Waals surface area contributed by atoms with E-state index >= 15 is 0 Å². The Bertz CT molecular complexity index is 266. The zero-order chi connectivity index (χ0) is 12.1. The third-order valence-electron chi connectivity index (χ3n) is 2.50. The van der Waals surface area contributed by atoms with Crippen molar-refractivity contribution in [1.29, 1.82) is 0 Å². The predicted octanol–water partition coefficient (Wildman–Crippen LogP) is -0.0903. The minimum absolute atomic E-state index is 0.0121. The van der Waals surface area contributed by atoms with Gasteiger partial charge in [-0.1, -0.05) is 0 Å². The molecule has 92 valence electrons. The number of hydrogen-bond donors (Lipinski definition) is 2. The summed E-state index contributed by atoms with van der Waals surface area (Å²) in [4.78, 5) is 23.1. The second kappa shape index (κ2) is 5.84. The SMILES string of the molecule is COCCNC(=O)C1CC1C(=O)NC(C)C. The molecule has 0 heterocycles. The van der Waals surface area contributed by atoms with E-state index in [0.717, 1.165) is 0 Å². The minimum atomic E-state index is -0.143.